The van der Waals surface area contributed by atoms with Crippen molar-refractivity contribution >= 4 is 131 Å². The topological polar surface area (TPSA) is 531 Å². The third kappa shape index (κ3) is 32.0. The lowest BCUT2D eigenvalue weighted by molar-refractivity contribution is -0.388. The van der Waals surface area contributed by atoms with Crippen LogP contribution < -0.4 is 48.0 Å². The summed E-state index contributed by atoms with van der Waals surface area (Å²) in [6, 6.07) is 73.3. The number of carbonyl (C=O) groups is 2. The van der Waals surface area contributed by atoms with Gasteiger partial charge in [0.1, 0.15) is 29.0 Å². The number of nitrogens with zero attached hydrogens (tertiary/aromatic N) is 9. The van der Waals surface area contributed by atoms with Gasteiger partial charge in [0.25, 0.3) is 11.2 Å². The van der Waals surface area contributed by atoms with Crippen molar-refractivity contribution in [2.75, 3.05) is 33.7 Å². The van der Waals surface area contributed by atoms with Crippen LogP contribution in [0.25, 0.3) is 28.2 Å². The molecular weight excluding hydrogens is 1670 g/mol. The maximum Gasteiger partial charge on any atom is 0.387 e. The molecule has 15 N–H and O–H groups in total. The Bertz CT molecular complexity index is 6330. The minimum absolute atomic E-state index is 0. The van der Waals surface area contributed by atoms with Crippen molar-refractivity contribution in [3.8, 4) is 17.1 Å². The number of aryl methyl sites for hydroxylation is 5. The maximum atomic E-state index is 12.6. The normalized spacial score (nSPS) is 10.6. The van der Waals surface area contributed by atoms with Gasteiger partial charge >= 0.3 is 11.5 Å². The summed E-state index contributed by atoms with van der Waals surface area (Å²) in [5.74, 6) is -0.191. The van der Waals surface area contributed by atoms with E-state index in [9.17, 15) is 67.9 Å². The quantitative estimate of drug-likeness (QED) is 0.0102. The van der Waals surface area contributed by atoms with Gasteiger partial charge in [0.15, 0.2) is 11.4 Å². The number of rotatable bonds is 17. The van der Waals surface area contributed by atoms with Crippen LogP contribution in [0.4, 0.5) is 61.5 Å². The first-order valence-electron chi connectivity index (χ1n) is 35.4. The number of fused-ring (bicyclic) bond motifs is 1. The zero-order chi connectivity index (χ0) is 88.8. The molecule has 122 heavy (non-hydrogen) atoms. The molecule has 0 aliphatic rings. The van der Waals surface area contributed by atoms with Crippen molar-refractivity contribution in [2.24, 2.45) is 20.6 Å². The average molecular weight is 1750 g/mol. The number of primary sulfonamides is 4. The summed E-state index contributed by atoms with van der Waals surface area (Å²) in [5, 5.41) is 49.0. The van der Waals surface area contributed by atoms with E-state index < -0.39 is 66.8 Å². The van der Waals surface area contributed by atoms with Gasteiger partial charge in [-0.3, -0.25) is 29.3 Å². The highest BCUT2D eigenvalue weighted by Gasteiger charge is 2.20. The first-order chi connectivity index (χ1) is 57.1. The monoisotopic (exact) mass is 1750 g/mol. The number of halogens is 2. The standard InChI is InChI=1S/C20H19N3O3S.C19H16N4O2S.C12H11N3O2.C12H13N3.C7H6ClNO3S.C7H9N.C5H3FN2O2.CH5NO2S.CH4/c1-14-4-8-16(9-5-14)23-18-3-2-12-22-19(18)13-20(24)15-6-10-17(11-7-15)27(21,25)26;1-13-4-8-15(9-5-13)23-18(22-17-3-2-12-21-19(17)23)14-6-10-16(11-7-14)26(20,24)25;1-9-4-6-10(7-5-9)14-11-3-2-8-13-12(11)15(16)17;1-9-4-6-10(7-5-9)15-11-3-2-8-14-12(11)13;8-7(10)5-1-3-6(4-2-5)13(9,11)12;1-6-2-4-7(8)5-3-6;6-5-4(8(9)10)2-1-3-7-5;1-5(2,3)4;/h2-12,23H,13H2,1H3,(H2,21,25,26);2-12H,1H3,(H2,20,24,25);2-8,14H,1H3;2-8,15H,1H3,(H2,13,14);1-4H,(H2,9,11,12);2-5H,8H2,1H3;1-3H;1H3,(H2,2,3,4);1H4. The summed E-state index contributed by atoms with van der Waals surface area (Å²) >= 11 is 5.15. The number of imidazole rings is 1. The van der Waals surface area contributed by atoms with Crippen molar-refractivity contribution in [3.05, 3.63) is 357 Å². The van der Waals surface area contributed by atoms with Crippen molar-refractivity contribution in [1.82, 2.24) is 34.5 Å². The average Bonchev–Trinajstić information content (AvgIpc) is 1.61. The lowest BCUT2D eigenvalue weighted by atomic mass is 10.1. The number of hydrogen-bond acceptors (Lipinski definition) is 25. The number of pyridine rings is 5. The number of nitrogens with two attached hydrogens (primary N) is 6. The molecule has 8 aromatic carbocycles. The van der Waals surface area contributed by atoms with Crippen molar-refractivity contribution in [3.63, 3.8) is 0 Å². The number of nitrogen functional groups attached to an aromatic ring is 2. The lowest BCUT2D eigenvalue weighted by Crippen LogP contribution is -2.13. The van der Waals surface area contributed by atoms with E-state index in [4.69, 9.17) is 43.5 Å². The summed E-state index contributed by atoms with van der Waals surface area (Å²) in [4.78, 5) is 66.9. The van der Waals surface area contributed by atoms with E-state index in [1.807, 2.05) is 172 Å². The zero-order valence-electron chi connectivity index (χ0n) is 65.4. The molecule has 0 amide bonds. The molecule has 0 atom stereocenters. The van der Waals surface area contributed by atoms with Gasteiger partial charge in [0, 0.05) is 76.0 Å². The first kappa shape index (κ1) is 96.8. The van der Waals surface area contributed by atoms with E-state index in [-0.39, 0.29) is 45.7 Å². The Morgan fingerprint density at radius 2 is 0.820 bits per heavy atom. The summed E-state index contributed by atoms with van der Waals surface area (Å²) in [5.41, 5.74) is 26.5. The van der Waals surface area contributed by atoms with Crippen molar-refractivity contribution in [1.29, 1.82) is 0 Å². The fourth-order valence-electron chi connectivity index (χ4n) is 10.0. The highest BCUT2D eigenvalue weighted by Crippen LogP contribution is 2.30. The van der Waals surface area contributed by atoms with Crippen LogP contribution >= 0.6 is 11.6 Å². The fourth-order valence-corrected chi connectivity index (χ4v) is 11.7. The Labute approximate surface area is 709 Å². The second-order valence-electron chi connectivity index (χ2n) is 25.9. The molecule has 634 valence electrons. The fraction of sp³-hybridized carbons (Fsp3) is 0.0952. The van der Waals surface area contributed by atoms with Crippen molar-refractivity contribution < 1.29 is 57.5 Å². The third-order valence-corrected chi connectivity index (χ3v) is 19.1. The molecule has 0 fully saturated rings. The van der Waals surface area contributed by atoms with Crippen LogP contribution in [0.1, 0.15) is 61.7 Å². The Balaban J connectivity index is 0.000000225. The minimum Gasteiger partial charge on any atom is -0.399 e. The van der Waals surface area contributed by atoms with E-state index in [0.29, 0.717) is 28.6 Å². The SMILES string of the molecule is C.CS(N)(=O)=O.Cc1ccc(-n2c(-c3ccc(S(N)(=O)=O)cc3)nc3cccnc32)cc1.Cc1ccc(N)cc1.Cc1ccc(Nc2cccnc2CC(=O)c2ccc(S(N)(=O)=O)cc2)cc1.Cc1ccc(Nc2cccnc2N)cc1.Cc1ccc(Nc2cccnc2[N+](=O)[O-])cc1.NS(=O)(=O)c1ccc(C(=O)Cl)cc1.O=[N+]([O-])c1cccnc1F. The number of ketones is 1. The van der Waals surface area contributed by atoms with Crippen LogP contribution in [0, 0.1) is 60.8 Å². The van der Waals surface area contributed by atoms with Gasteiger partial charge < -0.3 is 37.5 Å². The molecule has 6 heterocycles. The van der Waals surface area contributed by atoms with Crippen LogP contribution in [0.2, 0.25) is 0 Å². The highest BCUT2D eigenvalue weighted by molar-refractivity contribution is 7.89. The molecule has 0 aliphatic heterocycles. The minimum atomic E-state index is -3.78. The number of nitrogens with one attached hydrogen (secondary N) is 3. The Hall–Kier alpha value is -14.0. The van der Waals surface area contributed by atoms with Gasteiger partial charge in [-0.2, -0.15) is 4.39 Å². The van der Waals surface area contributed by atoms with E-state index >= 15 is 0 Å². The number of hydrogen-bond donors (Lipinski definition) is 9. The smallest absolute Gasteiger partial charge is 0.387 e. The number of carbonyl (C=O) groups excluding carboxylic acids is 2. The van der Waals surface area contributed by atoms with Crippen LogP contribution in [-0.4, -0.2) is 95.3 Å². The molecule has 0 radical (unpaired) electrons. The van der Waals surface area contributed by atoms with Gasteiger partial charge in [-0.25, -0.2) is 74.2 Å². The van der Waals surface area contributed by atoms with Gasteiger partial charge in [0.2, 0.25) is 40.1 Å². The van der Waals surface area contributed by atoms with Gasteiger partial charge in [-0.15, -0.1) is 0 Å². The van der Waals surface area contributed by atoms with E-state index in [2.05, 4.69) is 65.1 Å². The number of nitro groups is 2. The van der Waals surface area contributed by atoms with E-state index in [1.165, 1.54) is 84.1 Å². The largest absolute Gasteiger partial charge is 0.399 e. The predicted molar refractivity (Wildman–Crippen MR) is 474 cm³/mol. The molecule has 0 saturated heterocycles. The van der Waals surface area contributed by atoms with Crippen LogP contribution in [-0.2, 0) is 46.5 Å². The molecule has 14 aromatic rings. The maximum absolute atomic E-state index is 12.6. The number of benzene rings is 8. The van der Waals surface area contributed by atoms with Crippen LogP contribution in [0.5, 0.6) is 0 Å². The molecule has 32 nitrogen and oxygen atoms in total. The summed E-state index contributed by atoms with van der Waals surface area (Å²) in [6.45, 7) is 10.1. The van der Waals surface area contributed by atoms with E-state index in [1.54, 1.807) is 48.9 Å². The second-order valence-corrected chi connectivity index (χ2v) is 32.6. The van der Waals surface area contributed by atoms with Gasteiger partial charge in [-0.05, 0) is 232 Å². The molecule has 6 aromatic heterocycles. The molecule has 0 spiro atoms. The number of sulfonamides is 4. The summed E-state index contributed by atoms with van der Waals surface area (Å²) in [6.07, 6.45) is 8.61. The highest BCUT2D eigenvalue weighted by atomic mass is 35.5. The Morgan fingerprint density at radius 3 is 1.24 bits per heavy atom. The third-order valence-electron chi connectivity index (χ3n) is 16.1. The molecule has 0 bridgehead atoms. The first-order valence-corrected chi connectivity index (χ1v) is 42.4. The number of Topliss-reactive ketones (excluding diaryl/α,β-unsaturated/α-hetero) is 1. The summed E-state index contributed by atoms with van der Waals surface area (Å²) in [7, 11) is -14.4. The van der Waals surface area contributed by atoms with E-state index in [0.717, 1.165) is 91.7 Å². The van der Waals surface area contributed by atoms with Crippen LogP contribution in [0.15, 0.2) is 300 Å². The second kappa shape index (κ2) is 45.2. The van der Waals surface area contributed by atoms with Crippen molar-refractivity contribution in [2.45, 2.75) is 63.2 Å². The molecule has 0 saturated carbocycles. The Kier molecular flexibility index (Phi) is 35.9. The number of anilines is 8. The Morgan fingerprint density at radius 1 is 0.451 bits per heavy atom. The zero-order valence-corrected chi connectivity index (χ0v) is 69.5. The predicted octanol–water partition coefficient (Wildman–Crippen LogP) is 15.0. The molecule has 0 aliphatic carbocycles. The summed E-state index contributed by atoms with van der Waals surface area (Å²) < 4.78 is 100. The van der Waals surface area contributed by atoms with Gasteiger partial charge in [0.05, 0.1) is 49.4 Å². The molecule has 0 unspecified atom stereocenters. The number of aromatic nitrogens is 7. The molecule has 14 rings (SSSR count). The molecular formula is C84H86ClFN18O14S4. The lowest BCUT2D eigenvalue weighted by Gasteiger charge is -2.11. The van der Waals surface area contributed by atoms with Crippen LogP contribution in [0.3, 0.4) is 0 Å². The van der Waals surface area contributed by atoms with Gasteiger partial charge in [-0.1, -0.05) is 108 Å². The molecule has 38 heteroatoms.